The van der Waals surface area contributed by atoms with Gasteiger partial charge in [-0.3, -0.25) is 4.79 Å². The predicted octanol–water partition coefficient (Wildman–Crippen LogP) is 2.44. The van der Waals surface area contributed by atoms with E-state index in [1.807, 2.05) is 17.0 Å². The number of esters is 1. The summed E-state index contributed by atoms with van der Waals surface area (Å²) in [4.78, 5) is 26.6. The van der Waals surface area contributed by atoms with Crippen molar-refractivity contribution >= 4 is 21.9 Å². The molecule has 0 aliphatic carbocycles. The lowest BCUT2D eigenvalue weighted by atomic mass is 9.94. The van der Waals surface area contributed by atoms with E-state index in [9.17, 15) is 18.0 Å². The van der Waals surface area contributed by atoms with Crippen LogP contribution in [0.1, 0.15) is 41.4 Å². The van der Waals surface area contributed by atoms with Gasteiger partial charge in [0.25, 0.3) is 10.0 Å². The molecule has 0 bridgehead atoms. The van der Waals surface area contributed by atoms with E-state index in [1.165, 1.54) is 27.6 Å². The third-order valence-corrected chi connectivity index (χ3v) is 7.67. The molecule has 1 fully saturated rings. The second-order valence-electron chi connectivity index (χ2n) is 7.80. The molecule has 1 saturated heterocycles. The molecule has 2 aromatic rings. The molecule has 0 atom stereocenters. The van der Waals surface area contributed by atoms with Crippen molar-refractivity contribution in [1.29, 1.82) is 0 Å². The Kier molecular flexibility index (Phi) is 6.15. The maximum atomic E-state index is 13.0. The Bertz CT molecular complexity index is 1070. The van der Waals surface area contributed by atoms with Crippen molar-refractivity contribution in [2.75, 3.05) is 26.2 Å². The molecule has 1 aromatic heterocycles. The first-order valence-corrected chi connectivity index (χ1v) is 12.0. The summed E-state index contributed by atoms with van der Waals surface area (Å²) in [6.07, 6.45) is 1.76. The minimum atomic E-state index is -3.87. The first kappa shape index (κ1) is 21.6. The number of ether oxygens (including phenoxy) is 1. The van der Waals surface area contributed by atoms with Gasteiger partial charge in [-0.2, -0.15) is 4.31 Å². The van der Waals surface area contributed by atoms with Gasteiger partial charge in [-0.25, -0.2) is 13.2 Å². The third-order valence-electron chi connectivity index (χ3n) is 5.90. The van der Waals surface area contributed by atoms with Gasteiger partial charge < -0.3 is 14.1 Å². The lowest BCUT2D eigenvalue weighted by Crippen LogP contribution is -2.45. The van der Waals surface area contributed by atoms with Crippen LogP contribution in [0.25, 0.3) is 0 Å². The molecule has 9 heteroatoms. The molecule has 3 heterocycles. The topological polar surface area (TPSA) is 97.1 Å². The fourth-order valence-electron chi connectivity index (χ4n) is 4.18. The Hall–Kier alpha value is -2.65. The number of hydrogen-bond acceptors (Lipinski definition) is 6. The number of furan rings is 1. The highest BCUT2D eigenvalue weighted by Crippen LogP contribution is 2.28. The summed E-state index contributed by atoms with van der Waals surface area (Å²) < 4.78 is 37.2. The highest BCUT2D eigenvalue weighted by Gasteiger charge is 2.36. The van der Waals surface area contributed by atoms with Crippen LogP contribution in [-0.2, 0) is 32.5 Å². The van der Waals surface area contributed by atoms with E-state index in [-0.39, 0.29) is 42.4 Å². The van der Waals surface area contributed by atoms with E-state index in [4.69, 9.17) is 9.15 Å². The number of fused-ring (bicyclic) bond motifs is 1. The van der Waals surface area contributed by atoms with Crippen LogP contribution in [0.4, 0.5) is 0 Å². The highest BCUT2D eigenvalue weighted by atomic mass is 32.2. The number of amides is 1. The van der Waals surface area contributed by atoms with Crippen LogP contribution in [0.15, 0.2) is 45.9 Å². The van der Waals surface area contributed by atoms with E-state index in [0.717, 1.165) is 6.42 Å². The highest BCUT2D eigenvalue weighted by molar-refractivity contribution is 7.89. The largest absolute Gasteiger partial charge is 0.460 e. The maximum Gasteiger partial charge on any atom is 0.374 e. The van der Waals surface area contributed by atoms with Crippen molar-refractivity contribution in [2.24, 2.45) is 5.92 Å². The summed E-state index contributed by atoms with van der Waals surface area (Å²) in [5, 5.41) is -0.284. The quantitative estimate of drug-likeness (QED) is 0.655. The molecule has 0 unspecified atom stereocenters. The zero-order chi connectivity index (χ0) is 22.0. The van der Waals surface area contributed by atoms with Crippen LogP contribution < -0.4 is 0 Å². The van der Waals surface area contributed by atoms with Gasteiger partial charge in [0.1, 0.15) is 0 Å². The van der Waals surface area contributed by atoms with Crippen molar-refractivity contribution in [1.82, 2.24) is 9.21 Å². The third kappa shape index (κ3) is 4.38. The number of piperidine rings is 1. The summed E-state index contributed by atoms with van der Waals surface area (Å²) in [5.41, 5.74) is 2.46. The number of carbonyl (C=O) groups is 2. The van der Waals surface area contributed by atoms with Crippen molar-refractivity contribution in [3.63, 3.8) is 0 Å². The standard InChI is InChI=1S/C22H26N2O6S/c1-2-29-22(26)19-7-8-20(30-19)31(27,28)24-13-10-17(11-14-24)21(25)23-12-9-16-5-3-4-6-18(16)15-23/h3-8,17H,2,9-15H2,1H3. The van der Waals surface area contributed by atoms with Gasteiger partial charge in [-0.05, 0) is 49.4 Å². The van der Waals surface area contributed by atoms with E-state index < -0.39 is 16.0 Å². The molecule has 4 rings (SSSR count). The second-order valence-corrected chi connectivity index (χ2v) is 9.66. The molecule has 2 aliphatic rings. The fraction of sp³-hybridized carbons (Fsp3) is 0.455. The SMILES string of the molecule is CCOC(=O)c1ccc(S(=O)(=O)N2CCC(C(=O)N3CCc4ccccc4C3)CC2)o1. The van der Waals surface area contributed by atoms with Crippen LogP contribution >= 0.6 is 0 Å². The van der Waals surface area contributed by atoms with Crippen LogP contribution in [-0.4, -0.2) is 55.7 Å². The van der Waals surface area contributed by atoms with Crippen molar-refractivity contribution < 1.29 is 27.2 Å². The first-order chi connectivity index (χ1) is 14.9. The summed E-state index contributed by atoms with van der Waals surface area (Å²) in [7, 11) is -3.87. The lowest BCUT2D eigenvalue weighted by molar-refractivity contribution is -0.137. The molecule has 0 radical (unpaired) electrons. The van der Waals surface area contributed by atoms with E-state index in [0.29, 0.717) is 25.9 Å². The Labute approximate surface area is 181 Å². The van der Waals surface area contributed by atoms with Crippen LogP contribution in [0.2, 0.25) is 0 Å². The zero-order valence-electron chi connectivity index (χ0n) is 17.5. The van der Waals surface area contributed by atoms with Crippen molar-refractivity contribution in [3.05, 3.63) is 53.3 Å². The Balaban J connectivity index is 1.37. The molecule has 1 aromatic carbocycles. The Morgan fingerprint density at radius 1 is 1.06 bits per heavy atom. The van der Waals surface area contributed by atoms with Crippen molar-refractivity contribution in [2.45, 2.75) is 37.8 Å². The monoisotopic (exact) mass is 446 g/mol. The van der Waals surface area contributed by atoms with Gasteiger partial charge >= 0.3 is 5.97 Å². The van der Waals surface area contributed by atoms with Crippen molar-refractivity contribution in [3.8, 4) is 0 Å². The van der Waals surface area contributed by atoms with Crippen LogP contribution in [0.5, 0.6) is 0 Å². The molecule has 31 heavy (non-hydrogen) atoms. The molecule has 1 amide bonds. The number of nitrogens with zero attached hydrogens (tertiary/aromatic N) is 2. The maximum absolute atomic E-state index is 13.0. The molecule has 166 valence electrons. The normalized spacial score (nSPS) is 17.9. The minimum Gasteiger partial charge on any atom is -0.460 e. The van der Waals surface area contributed by atoms with E-state index in [1.54, 1.807) is 6.92 Å². The number of benzene rings is 1. The van der Waals surface area contributed by atoms with Crippen LogP contribution in [0.3, 0.4) is 0 Å². The molecule has 8 nitrogen and oxygen atoms in total. The van der Waals surface area contributed by atoms with Gasteiger partial charge in [0.05, 0.1) is 6.61 Å². The number of carbonyl (C=O) groups excluding carboxylic acids is 2. The summed E-state index contributed by atoms with van der Waals surface area (Å²) in [5.74, 6) is -0.940. The van der Waals surface area contributed by atoms with Gasteiger partial charge in [-0.1, -0.05) is 24.3 Å². The van der Waals surface area contributed by atoms with Crippen LogP contribution in [0, 0.1) is 5.92 Å². The summed E-state index contributed by atoms with van der Waals surface area (Å²) in [6.45, 7) is 3.60. The molecular weight excluding hydrogens is 420 g/mol. The van der Waals surface area contributed by atoms with E-state index >= 15 is 0 Å². The number of rotatable bonds is 5. The van der Waals surface area contributed by atoms with Gasteiger partial charge in [0, 0.05) is 32.1 Å². The molecular formula is C22H26N2O6S. The number of sulfonamides is 1. The molecule has 0 N–H and O–H groups in total. The second kappa shape index (κ2) is 8.84. The fourth-order valence-corrected chi connectivity index (χ4v) is 5.56. The minimum absolute atomic E-state index is 0.0918. The average molecular weight is 447 g/mol. The first-order valence-electron chi connectivity index (χ1n) is 10.5. The predicted molar refractivity (Wildman–Crippen MR) is 112 cm³/mol. The van der Waals surface area contributed by atoms with E-state index in [2.05, 4.69) is 12.1 Å². The average Bonchev–Trinajstić information content (AvgIpc) is 3.30. The Morgan fingerprint density at radius 3 is 2.48 bits per heavy atom. The number of hydrogen-bond donors (Lipinski definition) is 0. The van der Waals surface area contributed by atoms with Gasteiger partial charge in [0.2, 0.25) is 16.8 Å². The molecule has 0 spiro atoms. The summed E-state index contributed by atoms with van der Waals surface area (Å²) >= 11 is 0. The molecule has 2 aliphatic heterocycles. The Morgan fingerprint density at radius 2 is 1.77 bits per heavy atom. The summed E-state index contributed by atoms with van der Waals surface area (Å²) in [6, 6.07) is 10.7. The van der Waals surface area contributed by atoms with Gasteiger partial charge in [0.15, 0.2) is 0 Å². The molecule has 0 saturated carbocycles. The van der Waals surface area contributed by atoms with Gasteiger partial charge in [-0.15, -0.1) is 0 Å². The smallest absolute Gasteiger partial charge is 0.374 e. The lowest BCUT2D eigenvalue weighted by Gasteiger charge is -2.35. The zero-order valence-corrected chi connectivity index (χ0v) is 18.3.